The van der Waals surface area contributed by atoms with E-state index in [1.54, 1.807) is 13.8 Å². The lowest BCUT2D eigenvalue weighted by atomic mass is 10.1. The third-order valence-corrected chi connectivity index (χ3v) is 3.92. The van der Waals surface area contributed by atoms with Crippen LogP contribution >= 0.6 is 0 Å². The summed E-state index contributed by atoms with van der Waals surface area (Å²) >= 11 is 0. The first-order valence-corrected chi connectivity index (χ1v) is 7.84. The second-order valence-electron chi connectivity index (χ2n) is 5.77. The van der Waals surface area contributed by atoms with Crippen molar-refractivity contribution in [1.82, 2.24) is 9.97 Å². The fraction of sp³-hybridized carbons (Fsp3) is 0.211. The number of hydrogen-bond donors (Lipinski definition) is 1. The number of oxazole rings is 1. The highest BCUT2D eigenvalue weighted by Gasteiger charge is 2.21. The van der Waals surface area contributed by atoms with Crippen molar-refractivity contribution in [3.63, 3.8) is 0 Å². The highest BCUT2D eigenvalue weighted by Crippen LogP contribution is 2.21. The number of aryl methyl sites for hydroxylation is 1. The van der Waals surface area contributed by atoms with Crippen molar-refractivity contribution in [2.45, 2.75) is 27.4 Å². The van der Waals surface area contributed by atoms with Gasteiger partial charge in [-0.25, -0.2) is 9.78 Å². The maximum absolute atomic E-state index is 12.3. The Morgan fingerprint density at radius 3 is 2.56 bits per heavy atom. The topological polar surface area (TPSA) is 85.2 Å². The van der Waals surface area contributed by atoms with E-state index in [1.165, 1.54) is 13.2 Å². The average Bonchev–Trinajstić information content (AvgIpc) is 3.18. The van der Waals surface area contributed by atoms with E-state index in [1.807, 2.05) is 30.3 Å². The minimum Gasteiger partial charge on any atom is -0.454 e. The van der Waals surface area contributed by atoms with Crippen molar-refractivity contribution in [1.29, 1.82) is 0 Å². The lowest BCUT2D eigenvalue weighted by Gasteiger charge is -2.02. The summed E-state index contributed by atoms with van der Waals surface area (Å²) in [5, 5.41) is 0. The molecule has 0 amide bonds. The van der Waals surface area contributed by atoms with Gasteiger partial charge in [0, 0.05) is 16.8 Å². The Labute approximate surface area is 144 Å². The fourth-order valence-electron chi connectivity index (χ4n) is 2.78. The summed E-state index contributed by atoms with van der Waals surface area (Å²) in [5.41, 5.74) is 3.43. The number of carbonyl (C=O) groups excluding carboxylic acids is 2. The van der Waals surface area contributed by atoms with Gasteiger partial charge in [0.2, 0.25) is 5.89 Å². The molecule has 3 aromatic rings. The lowest BCUT2D eigenvalue weighted by molar-refractivity contribution is 0.0460. The Kier molecular flexibility index (Phi) is 4.52. The zero-order chi connectivity index (χ0) is 18.0. The van der Waals surface area contributed by atoms with Gasteiger partial charge in [-0.1, -0.05) is 18.2 Å². The van der Waals surface area contributed by atoms with E-state index in [2.05, 4.69) is 9.97 Å². The van der Waals surface area contributed by atoms with Gasteiger partial charge in [0.15, 0.2) is 5.78 Å². The molecule has 3 rings (SSSR count). The van der Waals surface area contributed by atoms with Crippen LogP contribution in [-0.2, 0) is 11.3 Å². The van der Waals surface area contributed by atoms with Gasteiger partial charge >= 0.3 is 5.97 Å². The van der Waals surface area contributed by atoms with Gasteiger partial charge in [0.05, 0.1) is 0 Å². The minimum absolute atomic E-state index is 0.0118. The first kappa shape index (κ1) is 16.7. The molecule has 6 nitrogen and oxygen atoms in total. The summed E-state index contributed by atoms with van der Waals surface area (Å²) in [4.78, 5) is 31.2. The maximum Gasteiger partial charge on any atom is 0.355 e. The van der Waals surface area contributed by atoms with Crippen molar-refractivity contribution >= 4 is 11.8 Å². The molecule has 2 heterocycles. The molecule has 0 aliphatic carbocycles. The predicted octanol–water partition coefficient (Wildman–Crippen LogP) is 3.85. The van der Waals surface area contributed by atoms with E-state index < -0.39 is 5.97 Å². The van der Waals surface area contributed by atoms with Gasteiger partial charge in [-0.2, -0.15) is 0 Å². The fourth-order valence-corrected chi connectivity index (χ4v) is 2.78. The van der Waals surface area contributed by atoms with Crippen molar-refractivity contribution in [3.05, 3.63) is 64.8 Å². The normalized spacial score (nSPS) is 10.7. The van der Waals surface area contributed by atoms with E-state index in [4.69, 9.17) is 9.15 Å². The number of nitrogens with zero attached hydrogens (tertiary/aromatic N) is 1. The summed E-state index contributed by atoms with van der Waals surface area (Å²) < 4.78 is 10.7. The van der Waals surface area contributed by atoms with E-state index in [0.29, 0.717) is 28.4 Å². The highest BCUT2D eigenvalue weighted by atomic mass is 16.5. The Hall–Kier alpha value is -3.15. The van der Waals surface area contributed by atoms with Gasteiger partial charge in [-0.15, -0.1) is 0 Å². The summed E-state index contributed by atoms with van der Waals surface area (Å²) in [7, 11) is 0. The standard InChI is InChI=1S/C19H18N2O4/c1-11-16(13(3)22)12(2)20-17(11)19(23)25-10-15-9-24-18(21-15)14-7-5-4-6-8-14/h4-9,20H,10H2,1-3H3. The van der Waals surface area contributed by atoms with Gasteiger partial charge in [-0.3, -0.25) is 4.79 Å². The number of nitrogens with one attached hydrogen (secondary N) is 1. The number of ketones is 1. The number of aromatic nitrogens is 2. The Morgan fingerprint density at radius 1 is 1.20 bits per heavy atom. The molecule has 0 unspecified atom stereocenters. The van der Waals surface area contributed by atoms with Crippen LogP contribution in [0.2, 0.25) is 0 Å². The van der Waals surface area contributed by atoms with Crippen molar-refractivity contribution in [2.75, 3.05) is 0 Å². The molecule has 0 radical (unpaired) electrons. The number of H-pyrrole nitrogens is 1. The molecule has 0 spiro atoms. The van der Waals surface area contributed by atoms with Gasteiger partial charge < -0.3 is 14.1 Å². The van der Waals surface area contributed by atoms with Crippen LogP contribution in [0.25, 0.3) is 11.5 Å². The second kappa shape index (κ2) is 6.76. The number of Topliss-reactive ketones (excluding diaryl/α,β-unsaturated/α-hetero) is 1. The molecular formula is C19H18N2O4. The van der Waals surface area contributed by atoms with Crippen LogP contribution in [0, 0.1) is 13.8 Å². The van der Waals surface area contributed by atoms with E-state index in [0.717, 1.165) is 5.56 Å². The number of rotatable bonds is 5. The van der Waals surface area contributed by atoms with Crippen LogP contribution in [-0.4, -0.2) is 21.7 Å². The molecule has 0 fully saturated rings. The van der Waals surface area contributed by atoms with Crippen molar-refractivity contribution in [3.8, 4) is 11.5 Å². The molecule has 1 aromatic carbocycles. The molecule has 0 atom stereocenters. The number of aromatic amines is 1. The maximum atomic E-state index is 12.3. The molecule has 0 aliphatic rings. The van der Waals surface area contributed by atoms with Crippen LogP contribution in [0.4, 0.5) is 0 Å². The summed E-state index contributed by atoms with van der Waals surface area (Å²) in [6.07, 6.45) is 1.46. The Balaban J connectivity index is 1.70. The molecular weight excluding hydrogens is 320 g/mol. The van der Waals surface area contributed by atoms with Crippen molar-refractivity contribution in [2.24, 2.45) is 0 Å². The van der Waals surface area contributed by atoms with Gasteiger partial charge in [-0.05, 0) is 38.5 Å². The Bertz CT molecular complexity index is 922. The average molecular weight is 338 g/mol. The smallest absolute Gasteiger partial charge is 0.355 e. The quantitative estimate of drug-likeness (QED) is 0.564. The SMILES string of the molecule is CC(=O)c1c(C)[nH]c(C(=O)OCc2coc(-c3ccccc3)n2)c1C. The third-order valence-electron chi connectivity index (χ3n) is 3.92. The molecule has 0 aliphatic heterocycles. The van der Waals surface area contributed by atoms with Crippen molar-refractivity contribution < 1.29 is 18.7 Å². The van der Waals surface area contributed by atoms with Gasteiger partial charge in [0.25, 0.3) is 0 Å². The summed E-state index contributed by atoms with van der Waals surface area (Å²) in [5.74, 6) is -0.149. The number of ether oxygens (including phenoxy) is 1. The molecule has 0 saturated carbocycles. The zero-order valence-electron chi connectivity index (χ0n) is 14.3. The van der Waals surface area contributed by atoms with Crippen LogP contribution in [0.1, 0.15) is 44.7 Å². The summed E-state index contributed by atoms with van der Waals surface area (Å²) in [6, 6.07) is 9.46. The summed E-state index contributed by atoms with van der Waals surface area (Å²) in [6.45, 7) is 4.94. The third kappa shape index (κ3) is 3.38. The molecule has 25 heavy (non-hydrogen) atoms. The molecule has 128 valence electrons. The highest BCUT2D eigenvalue weighted by molar-refractivity contribution is 6.01. The number of carbonyl (C=O) groups is 2. The zero-order valence-corrected chi connectivity index (χ0v) is 14.3. The van der Waals surface area contributed by atoms with Crippen LogP contribution in [0.5, 0.6) is 0 Å². The van der Waals surface area contributed by atoms with Crippen LogP contribution in [0.15, 0.2) is 41.0 Å². The Morgan fingerprint density at radius 2 is 1.92 bits per heavy atom. The molecule has 0 bridgehead atoms. The van der Waals surface area contributed by atoms with E-state index >= 15 is 0 Å². The monoisotopic (exact) mass is 338 g/mol. The molecule has 1 N–H and O–H groups in total. The molecule has 2 aromatic heterocycles. The first-order chi connectivity index (χ1) is 12.0. The number of benzene rings is 1. The molecule has 6 heteroatoms. The van der Waals surface area contributed by atoms with E-state index in [-0.39, 0.29) is 18.1 Å². The largest absolute Gasteiger partial charge is 0.454 e. The minimum atomic E-state index is -0.530. The molecule has 0 saturated heterocycles. The second-order valence-corrected chi connectivity index (χ2v) is 5.77. The lowest BCUT2D eigenvalue weighted by Crippen LogP contribution is -2.08. The first-order valence-electron chi connectivity index (χ1n) is 7.84. The van der Waals surface area contributed by atoms with Crippen LogP contribution < -0.4 is 0 Å². The number of hydrogen-bond acceptors (Lipinski definition) is 5. The van der Waals surface area contributed by atoms with Gasteiger partial charge in [0.1, 0.15) is 24.3 Å². The number of esters is 1. The van der Waals surface area contributed by atoms with Crippen LogP contribution in [0.3, 0.4) is 0 Å². The predicted molar refractivity (Wildman–Crippen MR) is 91.3 cm³/mol. The van der Waals surface area contributed by atoms with E-state index in [9.17, 15) is 9.59 Å².